The largest absolute Gasteiger partial charge is 0.444 e. The molecule has 4 heteroatoms. The molecule has 0 radical (unpaired) electrons. The highest BCUT2D eigenvalue weighted by molar-refractivity contribution is 5.69. The molecule has 1 amide bonds. The zero-order valence-electron chi connectivity index (χ0n) is 14.6. The number of nitrogens with zero attached hydrogens (tertiary/aromatic N) is 1. The van der Waals surface area contributed by atoms with Gasteiger partial charge in [-0.1, -0.05) is 26.2 Å². The number of likely N-dealkylation sites (tertiary alicyclic amines) is 1. The first-order valence-corrected chi connectivity index (χ1v) is 8.56. The van der Waals surface area contributed by atoms with Crippen LogP contribution >= 0.6 is 0 Å². The van der Waals surface area contributed by atoms with Gasteiger partial charge in [0.1, 0.15) is 5.60 Å². The molecule has 1 heterocycles. The number of carbonyl (C=O) groups excluding carboxylic acids is 1. The molecule has 0 saturated carbocycles. The predicted molar refractivity (Wildman–Crippen MR) is 87.6 cm³/mol. The van der Waals surface area contributed by atoms with E-state index < -0.39 is 5.60 Å². The van der Waals surface area contributed by atoms with Gasteiger partial charge in [0, 0.05) is 25.2 Å². The van der Waals surface area contributed by atoms with Crippen LogP contribution in [0.3, 0.4) is 0 Å². The summed E-state index contributed by atoms with van der Waals surface area (Å²) >= 11 is 0. The third-order valence-corrected chi connectivity index (χ3v) is 3.95. The lowest BCUT2D eigenvalue weighted by Crippen LogP contribution is -2.45. The van der Waals surface area contributed by atoms with Crippen LogP contribution in [0.4, 0.5) is 4.79 Å². The van der Waals surface area contributed by atoms with E-state index in [0.717, 1.165) is 25.9 Å². The average Bonchev–Trinajstić information content (AvgIpc) is 2.83. The van der Waals surface area contributed by atoms with E-state index in [1.807, 2.05) is 25.7 Å². The number of carbonyl (C=O) groups is 1. The van der Waals surface area contributed by atoms with Crippen molar-refractivity contribution in [1.82, 2.24) is 10.2 Å². The number of ether oxygens (including phenoxy) is 1. The van der Waals surface area contributed by atoms with E-state index in [1.54, 1.807) is 0 Å². The molecule has 1 rings (SSSR count). The summed E-state index contributed by atoms with van der Waals surface area (Å²) in [5, 5.41) is 3.58. The lowest BCUT2D eigenvalue weighted by molar-refractivity contribution is 0.0225. The molecule has 2 unspecified atom stereocenters. The number of rotatable bonds is 7. The molecule has 4 nitrogen and oxygen atoms in total. The van der Waals surface area contributed by atoms with Crippen molar-refractivity contribution in [1.29, 1.82) is 0 Å². The van der Waals surface area contributed by atoms with Gasteiger partial charge < -0.3 is 15.0 Å². The zero-order chi connectivity index (χ0) is 15.9. The SMILES string of the molecule is CCCCCC(C)NCC1CCCN1C(=O)OC(C)(C)C. The highest BCUT2D eigenvalue weighted by Gasteiger charge is 2.31. The van der Waals surface area contributed by atoms with Crippen molar-refractivity contribution < 1.29 is 9.53 Å². The molecule has 0 aromatic heterocycles. The minimum atomic E-state index is -0.412. The Balaban J connectivity index is 2.34. The fourth-order valence-electron chi connectivity index (χ4n) is 2.75. The molecule has 0 spiro atoms. The second kappa shape index (κ2) is 8.62. The lowest BCUT2D eigenvalue weighted by atomic mass is 10.1. The molecule has 124 valence electrons. The van der Waals surface area contributed by atoms with Gasteiger partial charge >= 0.3 is 6.09 Å². The molecule has 1 aliphatic rings. The smallest absolute Gasteiger partial charge is 0.410 e. The van der Waals surface area contributed by atoms with Gasteiger partial charge in [0.25, 0.3) is 0 Å². The Hall–Kier alpha value is -0.770. The van der Waals surface area contributed by atoms with Crippen LogP contribution in [-0.2, 0) is 4.74 Å². The maximum absolute atomic E-state index is 12.2. The summed E-state index contributed by atoms with van der Waals surface area (Å²) in [7, 11) is 0. The molecule has 21 heavy (non-hydrogen) atoms. The predicted octanol–water partition coefficient (Wildman–Crippen LogP) is 3.94. The van der Waals surface area contributed by atoms with Crippen molar-refractivity contribution in [3.05, 3.63) is 0 Å². The number of amides is 1. The van der Waals surface area contributed by atoms with Gasteiger partial charge in [-0.3, -0.25) is 0 Å². The van der Waals surface area contributed by atoms with Gasteiger partial charge in [0.15, 0.2) is 0 Å². The molecule has 2 atom stereocenters. The quantitative estimate of drug-likeness (QED) is 0.724. The molecule has 1 fully saturated rings. The Morgan fingerprint density at radius 1 is 1.38 bits per heavy atom. The van der Waals surface area contributed by atoms with Crippen molar-refractivity contribution in [2.75, 3.05) is 13.1 Å². The summed E-state index contributed by atoms with van der Waals surface area (Å²) in [5.41, 5.74) is -0.412. The van der Waals surface area contributed by atoms with Crippen molar-refractivity contribution in [2.24, 2.45) is 0 Å². The van der Waals surface area contributed by atoms with Crippen LogP contribution in [-0.4, -0.2) is 41.8 Å². The van der Waals surface area contributed by atoms with Crippen LogP contribution in [0.5, 0.6) is 0 Å². The number of hydrogen-bond acceptors (Lipinski definition) is 3. The maximum Gasteiger partial charge on any atom is 0.410 e. The monoisotopic (exact) mass is 298 g/mol. The molecule has 0 aliphatic carbocycles. The molecular weight excluding hydrogens is 264 g/mol. The van der Waals surface area contributed by atoms with Gasteiger partial charge in [-0.25, -0.2) is 4.79 Å². The standard InChI is InChI=1S/C17H34N2O2/c1-6-7-8-10-14(2)18-13-15-11-9-12-19(15)16(20)21-17(3,4)5/h14-15,18H,6-13H2,1-5H3. The Morgan fingerprint density at radius 2 is 2.10 bits per heavy atom. The fraction of sp³-hybridized carbons (Fsp3) is 0.941. The van der Waals surface area contributed by atoms with Crippen LogP contribution in [0.2, 0.25) is 0 Å². The number of hydrogen-bond donors (Lipinski definition) is 1. The Morgan fingerprint density at radius 3 is 2.71 bits per heavy atom. The minimum absolute atomic E-state index is 0.162. The van der Waals surface area contributed by atoms with Crippen molar-refractivity contribution in [3.63, 3.8) is 0 Å². The normalized spacial score (nSPS) is 20.6. The molecule has 1 N–H and O–H groups in total. The summed E-state index contributed by atoms with van der Waals surface area (Å²) in [4.78, 5) is 14.1. The van der Waals surface area contributed by atoms with Gasteiger partial charge in [-0.2, -0.15) is 0 Å². The molecule has 0 aromatic carbocycles. The van der Waals surface area contributed by atoms with Crippen LogP contribution in [0, 0.1) is 0 Å². The van der Waals surface area contributed by atoms with E-state index in [9.17, 15) is 4.79 Å². The van der Waals surface area contributed by atoms with Gasteiger partial charge in [-0.15, -0.1) is 0 Å². The minimum Gasteiger partial charge on any atom is -0.444 e. The summed E-state index contributed by atoms with van der Waals surface area (Å²) in [6.45, 7) is 11.9. The summed E-state index contributed by atoms with van der Waals surface area (Å²) in [6.07, 6.45) is 7.06. The van der Waals surface area contributed by atoms with Crippen LogP contribution in [0.1, 0.15) is 73.1 Å². The van der Waals surface area contributed by atoms with Gasteiger partial charge in [-0.05, 0) is 47.0 Å². The topological polar surface area (TPSA) is 41.6 Å². The first-order valence-electron chi connectivity index (χ1n) is 8.56. The average molecular weight is 298 g/mol. The number of nitrogens with one attached hydrogen (secondary N) is 1. The van der Waals surface area contributed by atoms with E-state index in [4.69, 9.17) is 4.74 Å². The van der Waals surface area contributed by atoms with Crippen LogP contribution in [0.15, 0.2) is 0 Å². The maximum atomic E-state index is 12.2. The lowest BCUT2D eigenvalue weighted by Gasteiger charge is -2.29. The summed E-state index contributed by atoms with van der Waals surface area (Å²) in [6, 6.07) is 0.811. The molecular formula is C17H34N2O2. The fourth-order valence-corrected chi connectivity index (χ4v) is 2.75. The number of unbranched alkanes of at least 4 members (excludes halogenated alkanes) is 2. The van der Waals surface area contributed by atoms with Crippen molar-refractivity contribution in [3.8, 4) is 0 Å². The summed E-state index contributed by atoms with van der Waals surface area (Å²) in [5.74, 6) is 0. The highest BCUT2D eigenvalue weighted by Crippen LogP contribution is 2.20. The van der Waals surface area contributed by atoms with E-state index in [0.29, 0.717) is 6.04 Å². The van der Waals surface area contributed by atoms with Crippen molar-refractivity contribution in [2.45, 2.75) is 90.8 Å². The van der Waals surface area contributed by atoms with Crippen LogP contribution in [0.25, 0.3) is 0 Å². The Labute approximate surface area is 130 Å². The van der Waals surface area contributed by atoms with E-state index in [-0.39, 0.29) is 12.1 Å². The second-order valence-electron chi connectivity index (χ2n) is 7.27. The van der Waals surface area contributed by atoms with E-state index in [2.05, 4.69) is 19.2 Å². The van der Waals surface area contributed by atoms with Gasteiger partial charge in [0.2, 0.25) is 0 Å². The first-order chi connectivity index (χ1) is 9.83. The van der Waals surface area contributed by atoms with Crippen molar-refractivity contribution >= 4 is 6.09 Å². The second-order valence-corrected chi connectivity index (χ2v) is 7.27. The zero-order valence-corrected chi connectivity index (χ0v) is 14.6. The highest BCUT2D eigenvalue weighted by atomic mass is 16.6. The molecule has 0 aromatic rings. The van der Waals surface area contributed by atoms with E-state index >= 15 is 0 Å². The summed E-state index contributed by atoms with van der Waals surface area (Å²) < 4.78 is 5.50. The molecule has 1 aliphatic heterocycles. The van der Waals surface area contributed by atoms with Crippen LogP contribution < -0.4 is 5.32 Å². The third-order valence-electron chi connectivity index (χ3n) is 3.95. The first kappa shape index (κ1) is 18.3. The Bertz CT molecular complexity index is 312. The third kappa shape index (κ3) is 7.16. The van der Waals surface area contributed by atoms with Gasteiger partial charge in [0.05, 0.1) is 0 Å². The Kier molecular flexibility index (Phi) is 7.50. The molecule has 1 saturated heterocycles. The molecule has 0 bridgehead atoms. The van der Waals surface area contributed by atoms with E-state index in [1.165, 1.54) is 25.7 Å².